The highest BCUT2D eigenvalue weighted by atomic mass is 14.9. The largest absolute Gasteiger partial charge is 0.397 e. The summed E-state index contributed by atoms with van der Waals surface area (Å²) in [5.74, 6) is 0. The summed E-state index contributed by atoms with van der Waals surface area (Å²) in [4.78, 5) is 0. The fourth-order valence-corrected chi connectivity index (χ4v) is 3.44. The van der Waals surface area contributed by atoms with E-state index in [0.717, 1.165) is 28.1 Å². The Labute approximate surface area is 175 Å². The van der Waals surface area contributed by atoms with Gasteiger partial charge in [0.2, 0.25) is 0 Å². The molecule has 0 unspecified atom stereocenters. The number of hydrogen-bond acceptors (Lipinski definition) is 4. The molecule has 0 aliphatic carbocycles. The minimum Gasteiger partial charge on any atom is -0.397 e. The standard InChI is InChI=1S/C26H18N4/c27-16-24-22(18-7-3-1-4-8-18)15-23(25(17-28)26(24)29)19-11-13-21(14-12-19)30-20-9-5-2-6-10-20/h1-15,30H,29H2. The minimum absolute atomic E-state index is 0.211. The second-order valence-electron chi connectivity index (χ2n) is 6.79. The van der Waals surface area contributed by atoms with E-state index in [9.17, 15) is 10.5 Å². The van der Waals surface area contributed by atoms with E-state index in [0.29, 0.717) is 16.7 Å². The molecular weight excluding hydrogens is 368 g/mol. The van der Waals surface area contributed by atoms with E-state index in [2.05, 4.69) is 17.5 Å². The fraction of sp³-hybridized carbons (Fsp3) is 0. The molecule has 0 atom stereocenters. The van der Waals surface area contributed by atoms with Crippen LogP contribution < -0.4 is 11.1 Å². The van der Waals surface area contributed by atoms with Gasteiger partial charge in [0.15, 0.2) is 0 Å². The van der Waals surface area contributed by atoms with Crippen molar-refractivity contribution < 1.29 is 0 Å². The molecule has 0 aliphatic rings. The molecule has 4 aromatic carbocycles. The molecule has 4 rings (SSSR count). The first-order chi connectivity index (χ1) is 14.7. The van der Waals surface area contributed by atoms with Crippen LogP contribution in [0.4, 0.5) is 17.1 Å². The lowest BCUT2D eigenvalue weighted by atomic mass is 9.89. The molecule has 4 heteroatoms. The third kappa shape index (κ3) is 3.58. The van der Waals surface area contributed by atoms with E-state index in [1.54, 1.807) is 0 Å². The Morgan fingerprint density at radius 2 is 1.07 bits per heavy atom. The summed E-state index contributed by atoms with van der Waals surface area (Å²) in [6, 6.07) is 33.5. The Kier molecular flexibility index (Phi) is 5.16. The zero-order valence-corrected chi connectivity index (χ0v) is 16.1. The average molecular weight is 386 g/mol. The maximum absolute atomic E-state index is 9.74. The lowest BCUT2D eigenvalue weighted by molar-refractivity contribution is 1.44. The number of para-hydroxylation sites is 1. The van der Waals surface area contributed by atoms with Gasteiger partial charge in [-0.1, -0.05) is 60.7 Å². The first kappa shape index (κ1) is 18.8. The first-order valence-corrected chi connectivity index (χ1v) is 9.46. The van der Waals surface area contributed by atoms with Crippen LogP contribution in [-0.4, -0.2) is 0 Å². The van der Waals surface area contributed by atoms with Gasteiger partial charge in [0.05, 0.1) is 16.8 Å². The lowest BCUT2D eigenvalue weighted by Gasteiger charge is -2.14. The molecular formula is C26H18N4. The maximum atomic E-state index is 9.74. The number of benzene rings is 4. The summed E-state index contributed by atoms with van der Waals surface area (Å²) in [7, 11) is 0. The lowest BCUT2D eigenvalue weighted by Crippen LogP contribution is -2.00. The highest BCUT2D eigenvalue weighted by Crippen LogP contribution is 2.37. The zero-order chi connectivity index (χ0) is 20.9. The van der Waals surface area contributed by atoms with Gasteiger partial charge in [-0.2, -0.15) is 10.5 Å². The quantitative estimate of drug-likeness (QED) is 0.416. The summed E-state index contributed by atoms with van der Waals surface area (Å²) in [5.41, 5.74) is 12.2. The van der Waals surface area contributed by atoms with Crippen LogP contribution in [0.3, 0.4) is 0 Å². The van der Waals surface area contributed by atoms with Gasteiger partial charge in [-0.3, -0.25) is 0 Å². The molecule has 0 amide bonds. The molecule has 3 N–H and O–H groups in total. The zero-order valence-electron chi connectivity index (χ0n) is 16.1. The molecule has 0 aliphatic heterocycles. The van der Waals surface area contributed by atoms with E-state index >= 15 is 0 Å². The van der Waals surface area contributed by atoms with Crippen molar-refractivity contribution in [2.45, 2.75) is 0 Å². The Morgan fingerprint density at radius 3 is 1.60 bits per heavy atom. The molecule has 0 fully saturated rings. The van der Waals surface area contributed by atoms with Crippen LogP contribution in [0, 0.1) is 22.7 Å². The highest BCUT2D eigenvalue weighted by Gasteiger charge is 2.18. The highest BCUT2D eigenvalue weighted by molar-refractivity contribution is 5.89. The van der Waals surface area contributed by atoms with Gasteiger partial charge in [-0.15, -0.1) is 0 Å². The number of nitrogen functional groups attached to an aromatic ring is 1. The molecule has 4 aromatic rings. The molecule has 4 nitrogen and oxygen atoms in total. The van der Waals surface area contributed by atoms with Crippen molar-refractivity contribution in [2.75, 3.05) is 11.1 Å². The molecule has 142 valence electrons. The van der Waals surface area contributed by atoms with Crippen molar-refractivity contribution >= 4 is 17.1 Å². The number of anilines is 3. The maximum Gasteiger partial charge on any atom is 0.102 e. The first-order valence-electron chi connectivity index (χ1n) is 9.46. The van der Waals surface area contributed by atoms with Crippen LogP contribution in [0.5, 0.6) is 0 Å². The second kappa shape index (κ2) is 8.22. The van der Waals surface area contributed by atoms with E-state index in [1.165, 1.54) is 0 Å². The Balaban J connectivity index is 1.79. The summed E-state index contributed by atoms with van der Waals surface area (Å²) < 4.78 is 0. The number of nitrogens with one attached hydrogen (secondary N) is 1. The number of nitrogens with zero attached hydrogens (tertiary/aromatic N) is 2. The molecule has 0 spiro atoms. The molecule has 0 saturated heterocycles. The summed E-state index contributed by atoms with van der Waals surface area (Å²) in [6.07, 6.45) is 0. The van der Waals surface area contributed by atoms with Gasteiger partial charge in [0.1, 0.15) is 12.1 Å². The van der Waals surface area contributed by atoms with Gasteiger partial charge in [0.25, 0.3) is 0 Å². The molecule has 0 aromatic heterocycles. The predicted molar refractivity (Wildman–Crippen MR) is 121 cm³/mol. The van der Waals surface area contributed by atoms with Crippen molar-refractivity contribution in [3.05, 3.63) is 102 Å². The fourth-order valence-electron chi connectivity index (χ4n) is 3.44. The predicted octanol–water partition coefficient (Wildman–Crippen LogP) is 6.09. The SMILES string of the molecule is N#Cc1c(-c2ccccc2)cc(-c2ccc(Nc3ccccc3)cc2)c(C#N)c1N. The van der Waals surface area contributed by atoms with Gasteiger partial charge < -0.3 is 11.1 Å². The average Bonchev–Trinajstić information content (AvgIpc) is 2.80. The van der Waals surface area contributed by atoms with Gasteiger partial charge in [0, 0.05) is 22.5 Å². The van der Waals surface area contributed by atoms with Crippen LogP contribution in [0.2, 0.25) is 0 Å². The summed E-state index contributed by atoms with van der Waals surface area (Å²) in [5, 5.41) is 22.8. The summed E-state index contributed by atoms with van der Waals surface area (Å²) in [6.45, 7) is 0. The van der Waals surface area contributed by atoms with Crippen LogP contribution >= 0.6 is 0 Å². The van der Waals surface area contributed by atoms with Crippen molar-refractivity contribution in [3.8, 4) is 34.4 Å². The Morgan fingerprint density at radius 1 is 0.600 bits per heavy atom. The molecule has 0 saturated carbocycles. The van der Waals surface area contributed by atoms with Gasteiger partial charge in [-0.05, 0) is 41.5 Å². The third-order valence-corrected chi connectivity index (χ3v) is 4.93. The third-order valence-electron chi connectivity index (χ3n) is 4.93. The number of nitrogens with two attached hydrogens (primary N) is 1. The number of nitriles is 2. The van der Waals surface area contributed by atoms with E-state index < -0.39 is 0 Å². The van der Waals surface area contributed by atoms with Crippen LogP contribution in [-0.2, 0) is 0 Å². The van der Waals surface area contributed by atoms with Crippen LogP contribution in [0.15, 0.2) is 91.0 Å². The van der Waals surface area contributed by atoms with Crippen LogP contribution in [0.25, 0.3) is 22.3 Å². The van der Waals surface area contributed by atoms with Crippen molar-refractivity contribution in [1.29, 1.82) is 10.5 Å². The van der Waals surface area contributed by atoms with Crippen LogP contribution in [0.1, 0.15) is 11.1 Å². The molecule has 0 heterocycles. The van der Waals surface area contributed by atoms with E-state index in [-0.39, 0.29) is 5.69 Å². The van der Waals surface area contributed by atoms with E-state index in [4.69, 9.17) is 5.73 Å². The monoisotopic (exact) mass is 386 g/mol. The number of rotatable bonds is 4. The molecule has 0 bridgehead atoms. The van der Waals surface area contributed by atoms with E-state index in [1.807, 2.05) is 91.0 Å². The Bertz CT molecular complexity index is 1260. The minimum atomic E-state index is 0.211. The van der Waals surface area contributed by atoms with Gasteiger partial charge >= 0.3 is 0 Å². The van der Waals surface area contributed by atoms with Crippen molar-refractivity contribution in [3.63, 3.8) is 0 Å². The second-order valence-corrected chi connectivity index (χ2v) is 6.79. The van der Waals surface area contributed by atoms with Crippen molar-refractivity contribution in [2.24, 2.45) is 0 Å². The smallest absolute Gasteiger partial charge is 0.102 e. The van der Waals surface area contributed by atoms with Gasteiger partial charge in [-0.25, -0.2) is 0 Å². The topological polar surface area (TPSA) is 85.6 Å². The van der Waals surface area contributed by atoms with Crippen molar-refractivity contribution in [1.82, 2.24) is 0 Å². The molecule has 30 heavy (non-hydrogen) atoms. The number of hydrogen-bond donors (Lipinski definition) is 2. The summed E-state index contributed by atoms with van der Waals surface area (Å²) >= 11 is 0. The normalized spacial score (nSPS) is 10.1. The molecule has 0 radical (unpaired) electrons. The Hall–Kier alpha value is -4.54.